The van der Waals surface area contributed by atoms with Crippen LogP contribution in [0.25, 0.3) is 0 Å². The van der Waals surface area contributed by atoms with Gasteiger partial charge < -0.3 is 0 Å². The van der Waals surface area contributed by atoms with Crippen molar-refractivity contribution in [3.8, 4) is 0 Å². The molecule has 0 radical (unpaired) electrons. The van der Waals surface area contributed by atoms with E-state index in [1.807, 2.05) is 6.92 Å². The predicted molar refractivity (Wildman–Crippen MR) is 34.4 cm³/mol. The van der Waals surface area contributed by atoms with Crippen molar-refractivity contribution in [3.05, 3.63) is 0 Å². The molecule has 0 amide bonds. The van der Waals surface area contributed by atoms with E-state index in [1.54, 1.807) is 0 Å². The minimum absolute atomic E-state index is 0.257. The van der Waals surface area contributed by atoms with Crippen LogP contribution in [0.2, 0.25) is 0 Å². The third-order valence-corrected chi connectivity index (χ3v) is 3.90. The average molecular weight is 133 g/mol. The van der Waals surface area contributed by atoms with Crippen LogP contribution >= 0.6 is 0 Å². The summed E-state index contributed by atoms with van der Waals surface area (Å²) < 4.78 is 18.2. The minimum atomic E-state index is -2.12. The molecule has 0 unspecified atom stereocenters. The van der Waals surface area contributed by atoms with Gasteiger partial charge in [-0.1, -0.05) is 6.92 Å². The predicted octanol–water partition coefficient (Wildman–Crippen LogP) is 1.22. The van der Waals surface area contributed by atoms with Gasteiger partial charge in [-0.3, -0.25) is 4.78 Å². The molecular weight excluding hydrogens is 122 g/mol. The quantitative estimate of drug-likeness (QED) is 0.604. The maximum absolute atomic E-state index is 11.0. The summed E-state index contributed by atoms with van der Waals surface area (Å²) in [7, 11) is -2.12. The van der Waals surface area contributed by atoms with Gasteiger partial charge in [0.1, 0.15) is 0 Å². The fourth-order valence-corrected chi connectivity index (χ4v) is 2.05. The lowest BCUT2D eigenvalue weighted by molar-refractivity contribution is 0.674. The van der Waals surface area contributed by atoms with Gasteiger partial charge >= 0.3 is 0 Å². The third kappa shape index (κ3) is 1.02. The van der Waals surface area contributed by atoms with Crippen LogP contribution in [0.1, 0.15) is 19.8 Å². The molecule has 1 aliphatic carbocycles. The lowest BCUT2D eigenvalue weighted by Crippen LogP contribution is -2.06. The third-order valence-electron chi connectivity index (χ3n) is 1.49. The summed E-state index contributed by atoms with van der Waals surface area (Å²) in [5.41, 5.74) is 0. The Morgan fingerprint density at radius 2 is 2.25 bits per heavy atom. The lowest BCUT2D eigenvalue weighted by atomic mass is 11.0. The van der Waals surface area contributed by atoms with E-state index in [1.165, 1.54) is 0 Å². The molecule has 2 nitrogen and oxygen atoms in total. The molecule has 1 fully saturated rings. The summed E-state index contributed by atoms with van der Waals surface area (Å²) in [5, 5.41) is 0.257. The first-order chi connectivity index (χ1) is 3.67. The van der Waals surface area contributed by atoms with Crippen molar-refractivity contribution in [1.82, 2.24) is 0 Å². The molecule has 0 bridgehead atoms. The highest BCUT2D eigenvalue weighted by atomic mass is 32.2. The molecular formula is C5H11NOS. The van der Waals surface area contributed by atoms with E-state index < -0.39 is 9.73 Å². The Balaban J connectivity index is 2.65. The lowest BCUT2D eigenvalue weighted by Gasteiger charge is -1.97. The summed E-state index contributed by atoms with van der Waals surface area (Å²) in [6, 6.07) is 0. The van der Waals surface area contributed by atoms with E-state index in [4.69, 9.17) is 4.78 Å². The fourth-order valence-electron chi connectivity index (χ4n) is 0.684. The van der Waals surface area contributed by atoms with Gasteiger partial charge in [-0.25, -0.2) is 4.21 Å². The van der Waals surface area contributed by atoms with Crippen molar-refractivity contribution in [1.29, 1.82) is 4.78 Å². The Kier molecular flexibility index (Phi) is 1.31. The Morgan fingerprint density at radius 1 is 1.75 bits per heavy atom. The summed E-state index contributed by atoms with van der Waals surface area (Å²) in [4.78, 5) is 0. The van der Waals surface area contributed by atoms with Crippen LogP contribution in [0, 0.1) is 4.78 Å². The van der Waals surface area contributed by atoms with Gasteiger partial charge in [0.25, 0.3) is 0 Å². The van der Waals surface area contributed by atoms with Crippen molar-refractivity contribution < 1.29 is 4.21 Å². The van der Waals surface area contributed by atoms with Crippen molar-refractivity contribution in [2.45, 2.75) is 25.0 Å². The van der Waals surface area contributed by atoms with Crippen molar-refractivity contribution in [2.75, 3.05) is 5.75 Å². The molecule has 0 saturated heterocycles. The molecule has 1 saturated carbocycles. The Labute approximate surface area is 50.3 Å². The molecule has 0 aliphatic heterocycles. The van der Waals surface area contributed by atoms with Crippen LogP contribution in [-0.2, 0) is 9.73 Å². The topological polar surface area (TPSA) is 40.9 Å². The molecule has 8 heavy (non-hydrogen) atoms. The van der Waals surface area contributed by atoms with Crippen LogP contribution in [0.15, 0.2) is 0 Å². The molecule has 0 aromatic heterocycles. The Bertz CT molecular complexity index is 167. The van der Waals surface area contributed by atoms with Crippen molar-refractivity contribution in [2.24, 2.45) is 0 Å². The molecule has 48 valence electrons. The van der Waals surface area contributed by atoms with Crippen LogP contribution in [0.5, 0.6) is 0 Å². The average Bonchev–Trinajstić information content (AvgIpc) is 2.44. The molecule has 1 aliphatic rings. The maximum atomic E-state index is 11.0. The number of rotatable bonds is 2. The molecule has 0 spiro atoms. The second-order valence-electron chi connectivity index (χ2n) is 2.21. The highest BCUT2D eigenvalue weighted by Crippen LogP contribution is 2.28. The normalized spacial score (nSPS) is 27.1. The summed E-state index contributed by atoms with van der Waals surface area (Å²) in [6.07, 6.45) is 2.05. The van der Waals surface area contributed by atoms with Crippen molar-refractivity contribution in [3.63, 3.8) is 0 Å². The second kappa shape index (κ2) is 1.72. The molecule has 1 rings (SSSR count). The monoisotopic (exact) mass is 133 g/mol. The van der Waals surface area contributed by atoms with E-state index in [0.29, 0.717) is 5.75 Å². The van der Waals surface area contributed by atoms with Gasteiger partial charge in [-0.05, 0) is 12.8 Å². The van der Waals surface area contributed by atoms with Gasteiger partial charge in [0.15, 0.2) is 0 Å². The molecule has 1 N–H and O–H groups in total. The fraction of sp³-hybridized carbons (Fsp3) is 1.00. The standard InChI is InChI=1S/C5H11NOS/c1-2-8(6,7)5-3-4-5/h5-6H,2-4H2,1H3/t8-/m1/s1. The summed E-state index contributed by atoms with van der Waals surface area (Å²) >= 11 is 0. The van der Waals surface area contributed by atoms with Crippen molar-refractivity contribution >= 4 is 9.73 Å². The summed E-state index contributed by atoms with van der Waals surface area (Å²) in [6.45, 7) is 1.83. The number of nitrogens with one attached hydrogen (secondary N) is 1. The highest BCUT2D eigenvalue weighted by Gasteiger charge is 2.30. The Morgan fingerprint density at radius 3 is 2.38 bits per heavy atom. The van der Waals surface area contributed by atoms with Crippen LogP contribution in [-0.4, -0.2) is 15.2 Å². The minimum Gasteiger partial charge on any atom is -0.253 e. The van der Waals surface area contributed by atoms with Gasteiger partial charge in [0, 0.05) is 20.7 Å². The first-order valence-corrected chi connectivity index (χ1v) is 4.71. The largest absolute Gasteiger partial charge is 0.253 e. The van der Waals surface area contributed by atoms with E-state index >= 15 is 0 Å². The highest BCUT2D eigenvalue weighted by molar-refractivity contribution is 7.93. The Hall–Kier alpha value is -0.0500. The van der Waals surface area contributed by atoms with E-state index in [-0.39, 0.29) is 5.25 Å². The molecule has 0 heterocycles. The maximum Gasteiger partial charge on any atom is 0.0467 e. The van der Waals surface area contributed by atoms with Gasteiger partial charge in [0.05, 0.1) is 0 Å². The first-order valence-electron chi connectivity index (χ1n) is 2.92. The summed E-state index contributed by atoms with van der Waals surface area (Å²) in [5.74, 6) is 0.539. The smallest absolute Gasteiger partial charge is 0.0467 e. The number of hydrogen-bond acceptors (Lipinski definition) is 2. The zero-order valence-electron chi connectivity index (χ0n) is 5.02. The molecule has 0 aromatic rings. The van der Waals surface area contributed by atoms with Crippen LogP contribution in [0.4, 0.5) is 0 Å². The van der Waals surface area contributed by atoms with E-state index in [2.05, 4.69) is 0 Å². The zero-order chi connectivity index (χ0) is 6.20. The number of hydrogen-bond donors (Lipinski definition) is 1. The van der Waals surface area contributed by atoms with Crippen LogP contribution in [0.3, 0.4) is 0 Å². The SMILES string of the molecule is CC[S@@](=N)(=O)C1CC1. The van der Waals surface area contributed by atoms with Gasteiger partial charge in [-0.15, -0.1) is 0 Å². The van der Waals surface area contributed by atoms with E-state index in [0.717, 1.165) is 12.8 Å². The van der Waals surface area contributed by atoms with E-state index in [9.17, 15) is 4.21 Å². The first kappa shape index (κ1) is 6.08. The van der Waals surface area contributed by atoms with Gasteiger partial charge in [-0.2, -0.15) is 0 Å². The molecule has 0 aromatic carbocycles. The second-order valence-corrected chi connectivity index (χ2v) is 4.91. The van der Waals surface area contributed by atoms with Crippen LogP contribution < -0.4 is 0 Å². The van der Waals surface area contributed by atoms with Gasteiger partial charge in [0.2, 0.25) is 0 Å². The molecule has 1 atom stereocenters. The molecule has 3 heteroatoms. The zero-order valence-corrected chi connectivity index (χ0v) is 5.83.